The largest absolute Gasteiger partial charge is 0.393 e. The lowest BCUT2D eigenvalue weighted by Gasteiger charge is -2.15. The monoisotopic (exact) mass is 205 g/mol. The van der Waals surface area contributed by atoms with E-state index in [9.17, 15) is 13.2 Å². The Labute approximate surface area is 79.4 Å². The quantitative estimate of drug-likeness (QED) is 0.820. The van der Waals surface area contributed by atoms with E-state index in [1.165, 1.54) is 12.4 Å². The number of aromatic nitrogens is 2. The van der Waals surface area contributed by atoms with Gasteiger partial charge in [-0.2, -0.15) is 13.2 Å². The molecule has 1 aromatic heterocycles. The van der Waals surface area contributed by atoms with Crippen LogP contribution < -0.4 is 5.32 Å². The van der Waals surface area contributed by atoms with Gasteiger partial charge in [0.05, 0.1) is 5.92 Å². The van der Waals surface area contributed by atoms with Gasteiger partial charge in [0.25, 0.3) is 0 Å². The maximum Gasteiger partial charge on any atom is 0.393 e. The Morgan fingerprint density at radius 3 is 2.43 bits per heavy atom. The second-order valence-electron chi connectivity index (χ2n) is 2.90. The van der Waals surface area contributed by atoms with Gasteiger partial charge in [0.15, 0.2) is 0 Å². The summed E-state index contributed by atoms with van der Waals surface area (Å²) in [5.74, 6) is -1.20. The molecule has 1 atom stereocenters. The second kappa shape index (κ2) is 4.26. The predicted molar refractivity (Wildman–Crippen MR) is 45.7 cm³/mol. The highest BCUT2D eigenvalue weighted by Gasteiger charge is 2.35. The highest BCUT2D eigenvalue weighted by Crippen LogP contribution is 2.25. The molecular weight excluding hydrogens is 195 g/mol. The summed E-state index contributed by atoms with van der Waals surface area (Å²) in [4.78, 5) is 7.49. The van der Waals surface area contributed by atoms with Crippen molar-refractivity contribution in [3.05, 3.63) is 18.5 Å². The molecule has 0 aliphatic heterocycles. The standard InChI is InChI=1S/C8H10F3N3/c1-6(8(9,10)11)5-14-7-12-3-2-4-13-7/h2-4,6H,5H2,1H3,(H,12,13,14). The normalized spacial score (nSPS) is 13.7. The third-order valence-electron chi connectivity index (χ3n) is 1.69. The van der Waals surface area contributed by atoms with E-state index in [0.29, 0.717) is 0 Å². The first-order valence-corrected chi connectivity index (χ1v) is 4.08. The van der Waals surface area contributed by atoms with Crippen LogP contribution in [0.1, 0.15) is 6.92 Å². The molecule has 0 radical (unpaired) electrons. The minimum atomic E-state index is -4.18. The van der Waals surface area contributed by atoms with E-state index in [2.05, 4.69) is 15.3 Å². The van der Waals surface area contributed by atoms with Gasteiger partial charge >= 0.3 is 6.18 Å². The Morgan fingerprint density at radius 1 is 1.36 bits per heavy atom. The van der Waals surface area contributed by atoms with E-state index in [0.717, 1.165) is 6.92 Å². The van der Waals surface area contributed by atoms with Crippen molar-refractivity contribution in [3.63, 3.8) is 0 Å². The van der Waals surface area contributed by atoms with Crippen molar-refractivity contribution in [1.29, 1.82) is 0 Å². The number of nitrogens with one attached hydrogen (secondary N) is 1. The Morgan fingerprint density at radius 2 is 1.93 bits per heavy atom. The molecule has 0 amide bonds. The first-order valence-electron chi connectivity index (χ1n) is 4.08. The van der Waals surface area contributed by atoms with Gasteiger partial charge in [-0.15, -0.1) is 0 Å². The number of hydrogen-bond acceptors (Lipinski definition) is 3. The van der Waals surface area contributed by atoms with Crippen LogP contribution in [0.2, 0.25) is 0 Å². The van der Waals surface area contributed by atoms with Crippen LogP contribution in [-0.2, 0) is 0 Å². The van der Waals surface area contributed by atoms with Crippen molar-refractivity contribution in [2.24, 2.45) is 5.92 Å². The van der Waals surface area contributed by atoms with Crippen LogP contribution in [0.3, 0.4) is 0 Å². The number of nitrogens with zero attached hydrogens (tertiary/aromatic N) is 2. The molecule has 14 heavy (non-hydrogen) atoms. The van der Waals surface area contributed by atoms with E-state index >= 15 is 0 Å². The molecule has 0 aromatic carbocycles. The van der Waals surface area contributed by atoms with Crippen LogP contribution in [0, 0.1) is 5.92 Å². The number of hydrogen-bond donors (Lipinski definition) is 1. The molecular formula is C8H10F3N3. The van der Waals surface area contributed by atoms with Crippen LogP contribution in [-0.4, -0.2) is 22.7 Å². The summed E-state index contributed by atoms with van der Waals surface area (Å²) in [6.07, 6.45) is -1.25. The van der Waals surface area contributed by atoms with Gasteiger partial charge in [0.2, 0.25) is 5.95 Å². The van der Waals surface area contributed by atoms with Gasteiger partial charge in [0, 0.05) is 18.9 Å². The lowest BCUT2D eigenvalue weighted by atomic mass is 10.2. The van der Waals surface area contributed by atoms with E-state index < -0.39 is 12.1 Å². The smallest absolute Gasteiger partial charge is 0.354 e. The average Bonchev–Trinajstić information content (AvgIpc) is 2.14. The van der Waals surface area contributed by atoms with Gasteiger partial charge in [-0.1, -0.05) is 6.92 Å². The molecule has 1 rings (SSSR count). The maximum absolute atomic E-state index is 12.1. The van der Waals surface area contributed by atoms with Crippen LogP contribution in [0.5, 0.6) is 0 Å². The lowest BCUT2D eigenvalue weighted by Crippen LogP contribution is -2.27. The third-order valence-corrected chi connectivity index (χ3v) is 1.69. The topological polar surface area (TPSA) is 37.8 Å². The highest BCUT2D eigenvalue weighted by atomic mass is 19.4. The zero-order chi connectivity index (χ0) is 10.6. The highest BCUT2D eigenvalue weighted by molar-refractivity contribution is 5.21. The average molecular weight is 205 g/mol. The van der Waals surface area contributed by atoms with E-state index in [1.54, 1.807) is 6.07 Å². The Kier molecular flexibility index (Phi) is 3.27. The summed E-state index contributed by atoms with van der Waals surface area (Å²) >= 11 is 0. The second-order valence-corrected chi connectivity index (χ2v) is 2.90. The van der Waals surface area contributed by atoms with Gasteiger partial charge in [-0.3, -0.25) is 0 Å². The summed E-state index contributed by atoms with van der Waals surface area (Å²) in [6.45, 7) is 0.892. The fourth-order valence-corrected chi connectivity index (χ4v) is 0.750. The van der Waals surface area contributed by atoms with Gasteiger partial charge in [0.1, 0.15) is 0 Å². The predicted octanol–water partition coefficient (Wildman–Crippen LogP) is 2.09. The minimum Gasteiger partial charge on any atom is -0.354 e. The molecule has 0 bridgehead atoms. The third kappa shape index (κ3) is 3.20. The molecule has 0 spiro atoms. The van der Waals surface area contributed by atoms with Gasteiger partial charge < -0.3 is 5.32 Å². The zero-order valence-electron chi connectivity index (χ0n) is 7.54. The Bertz CT molecular complexity index is 273. The first-order chi connectivity index (χ1) is 6.50. The van der Waals surface area contributed by atoms with Crippen LogP contribution in [0.15, 0.2) is 18.5 Å². The van der Waals surface area contributed by atoms with Crippen LogP contribution in [0.25, 0.3) is 0 Å². The fraction of sp³-hybridized carbons (Fsp3) is 0.500. The molecule has 3 nitrogen and oxygen atoms in total. The lowest BCUT2D eigenvalue weighted by molar-refractivity contribution is -0.165. The molecule has 0 saturated heterocycles. The molecule has 1 aromatic rings. The molecule has 0 aliphatic rings. The summed E-state index contributed by atoms with van der Waals surface area (Å²) in [7, 11) is 0. The zero-order valence-corrected chi connectivity index (χ0v) is 7.54. The van der Waals surface area contributed by atoms with E-state index in [4.69, 9.17) is 0 Å². The van der Waals surface area contributed by atoms with Crippen molar-refractivity contribution in [2.45, 2.75) is 13.1 Å². The van der Waals surface area contributed by atoms with Crippen LogP contribution in [0.4, 0.5) is 19.1 Å². The van der Waals surface area contributed by atoms with Crippen LogP contribution >= 0.6 is 0 Å². The fourth-order valence-electron chi connectivity index (χ4n) is 0.750. The summed E-state index contributed by atoms with van der Waals surface area (Å²) in [6, 6.07) is 1.60. The molecule has 1 heterocycles. The molecule has 1 N–H and O–H groups in total. The molecule has 1 unspecified atom stereocenters. The van der Waals surface area contributed by atoms with Crippen molar-refractivity contribution >= 4 is 5.95 Å². The Hall–Kier alpha value is -1.33. The number of anilines is 1. The minimum absolute atomic E-state index is 0.212. The molecule has 78 valence electrons. The van der Waals surface area contributed by atoms with Gasteiger partial charge in [-0.25, -0.2) is 9.97 Å². The van der Waals surface area contributed by atoms with Crippen molar-refractivity contribution in [1.82, 2.24) is 9.97 Å². The van der Waals surface area contributed by atoms with Gasteiger partial charge in [-0.05, 0) is 6.07 Å². The summed E-state index contributed by atoms with van der Waals surface area (Å²) in [5.41, 5.74) is 0. The van der Waals surface area contributed by atoms with Crippen molar-refractivity contribution in [2.75, 3.05) is 11.9 Å². The van der Waals surface area contributed by atoms with E-state index in [-0.39, 0.29) is 12.5 Å². The Balaban J connectivity index is 2.42. The molecule has 0 fully saturated rings. The summed E-state index contributed by atoms with van der Waals surface area (Å²) in [5, 5.41) is 2.51. The first kappa shape index (κ1) is 10.7. The molecule has 0 aliphatic carbocycles. The van der Waals surface area contributed by atoms with Crippen molar-refractivity contribution in [3.8, 4) is 0 Å². The number of alkyl halides is 3. The maximum atomic E-state index is 12.1. The van der Waals surface area contributed by atoms with E-state index in [1.807, 2.05) is 0 Å². The van der Waals surface area contributed by atoms with Crippen molar-refractivity contribution < 1.29 is 13.2 Å². The molecule has 0 saturated carbocycles. The molecule has 6 heteroatoms. The summed E-state index contributed by atoms with van der Waals surface area (Å²) < 4.78 is 36.2. The number of halogens is 3. The number of rotatable bonds is 3. The SMILES string of the molecule is CC(CNc1ncccn1)C(F)(F)F.